The second-order valence-corrected chi connectivity index (χ2v) is 4.73. The van der Waals surface area contributed by atoms with Crippen LogP contribution in [0.3, 0.4) is 0 Å². The van der Waals surface area contributed by atoms with Gasteiger partial charge in [0.05, 0.1) is 13.7 Å². The van der Waals surface area contributed by atoms with Crippen molar-refractivity contribution in [3.63, 3.8) is 0 Å². The zero-order chi connectivity index (χ0) is 15.1. The molecule has 0 atom stereocenters. The van der Waals surface area contributed by atoms with E-state index in [1.807, 2.05) is 25.8 Å². The van der Waals surface area contributed by atoms with Crippen LogP contribution in [-0.4, -0.2) is 54.6 Å². The van der Waals surface area contributed by atoms with Crippen molar-refractivity contribution >= 4 is 5.91 Å². The molecule has 0 saturated carbocycles. The molecule has 0 spiro atoms. The molecule has 0 bridgehead atoms. The fraction of sp³-hybridized carbons (Fsp3) is 0.533. The maximum atomic E-state index is 12.0. The maximum absolute atomic E-state index is 12.0. The number of hydrogen-bond donors (Lipinski definition) is 1. The average molecular weight is 280 g/mol. The van der Waals surface area contributed by atoms with Crippen molar-refractivity contribution in [2.24, 2.45) is 0 Å². The Morgan fingerprint density at radius 1 is 1.30 bits per heavy atom. The number of carbonyl (C=O) groups excluding carboxylic acids is 1. The third kappa shape index (κ3) is 4.42. The summed E-state index contributed by atoms with van der Waals surface area (Å²) in [5.41, 5.74) is 0.749. The van der Waals surface area contributed by atoms with Crippen LogP contribution >= 0.6 is 0 Å². The minimum absolute atomic E-state index is 0.0971. The number of aromatic hydroxyl groups is 1. The Bertz CT molecular complexity index is 445. The van der Waals surface area contributed by atoms with Crippen LogP contribution in [0.15, 0.2) is 18.2 Å². The maximum Gasteiger partial charge on any atom is 0.236 e. The van der Waals surface area contributed by atoms with Gasteiger partial charge in [0.15, 0.2) is 0 Å². The summed E-state index contributed by atoms with van der Waals surface area (Å²) in [5.74, 6) is 1.01. The summed E-state index contributed by atoms with van der Waals surface area (Å²) in [6.07, 6.45) is 0. The molecule has 1 aromatic carbocycles. The third-order valence-corrected chi connectivity index (χ3v) is 3.25. The first-order chi connectivity index (χ1) is 9.51. The Kier molecular flexibility index (Phi) is 6.31. The third-order valence-electron chi connectivity index (χ3n) is 3.25. The van der Waals surface area contributed by atoms with Crippen LogP contribution in [0.5, 0.6) is 11.5 Å². The molecule has 20 heavy (non-hydrogen) atoms. The Labute approximate surface area is 120 Å². The van der Waals surface area contributed by atoms with Crippen molar-refractivity contribution in [3.8, 4) is 11.5 Å². The van der Waals surface area contributed by atoms with Gasteiger partial charge in [0, 0.05) is 25.2 Å². The van der Waals surface area contributed by atoms with E-state index in [2.05, 4.69) is 0 Å². The molecule has 5 nitrogen and oxygen atoms in total. The van der Waals surface area contributed by atoms with E-state index in [9.17, 15) is 9.90 Å². The SMILES string of the molecule is CCN(CC)C(=O)CN(C)Cc1cc(OC)ccc1O. The molecule has 0 fully saturated rings. The number of likely N-dealkylation sites (N-methyl/N-ethyl adjacent to an activating group) is 2. The minimum Gasteiger partial charge on any atom is -0.508 e. The van der Waals surface area contributed by atoms with Crippen LogP contribution in [0.4, 0.5) is 0 Å². The van der Waals surface area contributed by atoms with Crippen LogP contribution in [-0.2, 0) is 11.3 Å². The van der Waals surface area contributed by atoms with E-state index in [1.165, 1.54) is 0 Å². The van der Waals surface area contributed by atoms with E-state index in [4.69, 9.17) is 4.74 Å². The molecule has 0 aromatic heterocycles. The standard InChI is InChI=1S/C15H24N2O3/c1-5-17(6-2)15(19)11-16(3)10-12-9-13(20-4)7-8-14(12)18/h7-9,18H,5-6,10-11H2,1-4H3. The normalized spacial score (nSPS) is 10.7. The number of amides is 1. The monoisotopic (exact) mass is 280 g/mol. The van der Waals surface area contributed by atoms with Crippen LogP contribution in [0.1, 0.15) is 19.4 Å². The van der Waals surface area contributed by atoms with E-state index >= 15 is 0 Å². The summed E-state index contributed by atoms with van der Waals surface area (Å²) in [6.45, 7) is 6.19. The molecule has 0 heterocycles. The fourth-order valence-electron chi connectivity index (χ4n) is 2.07. The number of nitrogens with zero attached hydrogens (tertiary/aromatic N) is 2. The zero-order valence-corrected chi connectivity index (χ0v) is 12.7. The molecule has 5 heteroatoms. The first-order valence-corrected chi connectivity index (χ1v) is 6.84. The number of methoxy groups -OCH3 is 1. The van der Waals surface area contributed by atoms with Crippen LogP contribution in [0.25, 0.3) is 0 Å². The van der Waals surface area contributed by atoms with Crippen molar-refractivity contribution in [2.45, 2.75) is 20.4 Å². The van der Waals surface area contributed by atoms with Crippen molar-refractivity contribution < 1.29 is 14.6 Å². The van der Waals surface area contributed by atoms with Gasteiger partial charge in [-0.25, -0.2) is 0 Å². The molecule has 0 aliphatic rings. The van der Waals surface area contributed by atoms with E-state index in [-0.39, 0.29) is 11.7 Å². The smallest absolute Gasteiger partial charge is 0.236 e. The Hall–Kier alpha value is -1.75. The molecule has 0 aliphatic carbocycles. The molecule has 112 valence electrons. The first kappa shape index (κ1) is 16.3. The molecule has 0 unspecified atom stereocenters. The lowest BCUT2D eigenvalue weighted by atomic mass is 10.2. The van der Waals surface area contributed by atoms with Crippen LogP contribution < -0.4 is 4.74 Å². The second kappa shape index (κ2) is 7.75. The van der Waals surface area contributed by atoms with E-state index in [0.29, 0.717) is 31.9 Å². The summed E-state index contributed by atoms with van der Waals surface area (Å²) in [5, 5.41) is 9.84. The summed E-state index contributed by atoms with van der Waals surface area (Å²) >= 11 is 0. The van der Waals surface area contributed by atoms with Crippen LogP contribution in [0.2, 0.25) is 0 Å². The van der Waals surface area contributed by atoms with Gasteiger partial charge in [0.1, 0.15) is 11.5 Å². The lowest BCUT2D eigenvalue weighted by Crippen LogP contribution is -2.38. The largest absolute Gasteiger partial charge is 0.508 e. The van der Waals surface area contributed by atoms with Gasteiger partial charge in [-0.1, -0.05) is 0 Å². The number of phenols is 1. The van der Waals surface area contributed by atoms with Crippen LogP contribution in [0, 0.1) is 0 Å². The summed E-state index contributed by atoms with van der Waals surface area (Å²) < 4.78 is 5.14. The highest BCUT2D eigenvalue weighted by atomic mass is 16.5. The van der Waals surface area contributed by atoms with Crippen molar-refractivity contribution in [2.75, 3.05) is 33.8 Å². The zero-order valence-electron chi connectivity index (χ0n) is 12.7. The summed E-state index contributed by atoms with van der Waals surface area (Å²) in [7, 11) is 3.45. The molecular formula is C15H24N2O3. The first-order valence-electron chi connectivity index (χ1n) is 6.84. The number of phenolic OH excluding ortho intramolecular Hbond substituents is 1. The van der Waals surface area contributed by atoms with Crippen molar-refractivity contribution in [3.05, 3.63) is 23.8 Å². The molecule has 0 aliphatic heterocycles. The highest BCUT2D eigenvalue weighted by Gasteiger charge is 2.14. The van der Waals surface area contributed by atoms with Crippen molar-refractivity contribution in [1.82, 2.24) is 9.80 Å². The number of hydrogen-bond acceptors (Lipinski definition) is 4. The highest BCUT2D eigenvalue weighted by molar-refractivity contribution is 5.78. The van der Waals surface area contributed by atoms with Gasteiger partial charge in [-0.2, -0.15) is 0 Å². The Balaban J connectivity index is 2.66. The number of ether oxygens (including phenoxy) is 1. The lowest BCUT2D eigenvalue weighted by molar-refractivity contribution is -0.131. The van der Waals surface area contributed by atoms with Gasteiger partial charge in [0.25, 0.3) is 0 Å². The number of carbonyl (C=O) groups is 1. The average Bonchev–Trinajstić information content (AvgIpc) is 2.42. The van der Waals surface area contributed by atoms with E-state index in [0.717, 1.165) is 5.56 Å². The second-order valence-electron chi connectivity index (χ2n) is 4.73. The Morgan fingerprint density at radius 2 is 1.95 bits per heavy atom. The van der Waals surface area contributed by atoms with Gasteiger partial charge in [-0.3, -0.25) is 9.69 Å². The van der Waals surface area contributed by atoms with Crippen molar-refractivity contribution in [1.29, 1.82) is 0 Å². The predicted octanol–water partition coefficient (Wildman–Crippen LogP) is 1.70. The predicted molar refractivity (Wildman–Crippen MR) is 78.9 cm³/mol. The molecular weight excluding hydrogens is 256 g/mol. The molecule has 1 rings (SSSR count). The van der Waals surface area contributed by atoms with Gasteiger partial charge in [-0.15, -0.1) is 0 Å². The minimum atomic E-state index is 0.0971. The Morgan fingerprint density at radius 3 is 2.50 bits per heavy atom. The lowest BCUT2D eigenvalue weighted by Gasteiger charge is -2.23. The highest BCUT2D eigenvalue weighted by Crippen LogP contribution is 2.23. The fourth-order valence-corrected chi connectivity index (χ4v) is 2.07. The summed E-state index contributed by atoms with van der Waals surface area (Å²) in [6, 6.07) is 5.10. The van der Waals surface area contributed by atoms with Gasteiger partial charge in [0.2, 0.25) is 5.91 Å². The van der Waals surface area contributed by atoms with E-state index < -0.39 is 0 Å². The number of rotatable bonds is 7. The molecule has 0 saturated heterocycles. The quantitative estimate of drug-likeness (QED) is 0.826. The topological polar surface area (TPSA) is 53.0 Å². The number of benzene rings is 1. The molecule has 1 amide bonds. The van der Waals surface area contributed by atoms with Gasteiger partial charge in [-0.05, 0) is 39.1 Å². The molecule has 1 N–H and O–H groups in total. The van der Waals surface area contributed by atoms with E-state index in [1.54, 1.807) is 30.2 Å². The summed E-state index contributed by atoms with van der Waals surface area (Å²) in [4.78, 5) is 15.7. The van der Waals surface area contributed by atoms with Gasteiger partial charge < -0.3 is 14.7 Å². The van der Waals surface area contributed by atoms with Gasteiger partial charge >= 0.3 is 0 Å². The molecule has 0 radical (unpaired) electrons. The molecule has 1 aromatic rings.